The molecule has 0 aromatic carbocycles. The highest BCUT2D eigenvalue weighted by Crippen LogP contribution is 2.27. The van der Waals surface area contributed by atoms with Gasteiger partial charge < -0.3 is 9.47 Å². The van der Waals surface area contributed by atoms with Crippen LogP contribution in [0, 0.1) is 0 Å². The molecule has 3 heteroatoms. The SMILES string of the molecule is CC.COC1(C)CCN(C2COC2)CC1. The number of hydrogen-bond acceptors (Lipinski definition) is 3. The molecule has 2 aliphatic rings. The Morgan fingerprint density at radius 1 is 1.20 bits per heavy atom. The highest BCUT2D eigenvalue weighted by atomic mass is 16.5. The highest BCUT2D eigenvalue weighted by molar-refractivity contribution is 4.88. The lowest BCUT2D eigenvalue weighted by atomic mass is 9.92. The summed E-state index contributed by atoms with van der Waals surface area (Å²) < 4.78 is 10.7. The number of likely N-dealkylation sites (tertiary alicyclic amines) is 1. The molecule has 0 atom stereocenters. The van der Waals surface area contributed by atoms with Crippen molar-refractivity contribution in [2.75, 3.05) is 33.4 Å². The van der Waals surface area contributed by atoms with E-state index in [1.54, 1.807) is 0 Å². The zero-order valence-electron chi connectivity index (χ0n) is 10.6. The first-order chi connectivity index (χ1) is 7.23. The van der Waals surface area contributed by atoms with Gasteiger partial charge in [0.1, 0.15) is 0 Å². The average Bonchev–Trinajstić information content (AvgIpc) is 2.22. The van der Waals surface area contributed by atoms with Gasteiger partial charge in [0.25, 0.3) is 0 Å². The maximum Gasteiger partial charge on any atom is 0.0675 e. The topological polar surface area (TPSA) is 21.7 Å². The Bertz CT molecular complexity index is 172. The molecule has 0 saturated carbocycles. The van der Waals surface area contributed by atoms with E-state index < -0.39 is 0 Å². The predicted octanol–water partition coefficient (Wildman–Crippen LogP) is 1.91. The van der Waals surface area contributed by atoms with Gasteiger partial charge in [0.15, 0.2) is 0 Å². The minimum Gasteiger partial charge on any atom is -0.378 e. The number of piperidine rings is 1. The van der Waals surface area contributed by atoms with Gasteiger partial charge >= 0.3 is 0 Å². The van der Waals surface area contributed by atoms with Gasteiger partial charge in [-0.25, -0.2) is 0 Å². The van der Waals surface area contributed by atoms with E-state index in [2.05, 4.69) is 11.8 Å². The first kappa shape index (κ1) is 12.9. The Balaban J connectivity index is 0.000000531. The molecule has 15 heavy (non-hydrogen) atoms. The molecule has 2 rings (SSSR count). The molecule has 2 saturated heterocycles. The fourth-order valence-corrected chi connectivity index (χ4v) is 2.00. The zero-order chi connectivity index (χ0) is 11.3. The highest BCUT2D eigenvalue weighted by Gasteiger charge is 2.34. The molecule has 2 fully saturated rings. The van der Waals surface area contributed by atoms with Crippen LogP contribution in [-0.4, -0.2) is 50.0 Å². The number of rotatable bonds is 2. The van der Waals surface area contributed by atoms with Gasteiger partial charge in [-0.2, -0.15) is 0 Å². The standard InChI is InChI=1S/C10H19NO2.C2H6/c1-10(12-2)3-5-11(6-4-10)9-7-13-8-9;1-2/h9H,3-8H2,1-2H3;1-2H3. The van der Waals surface area contributed by atoms with Crippen LogP contribution >= 0.6 is 0 Å². The van der Waals surface area contributed by atoms with Crippen LogP contribution in [-0.2, 0) is 9.47 Å². The van der Waals surface area contributed by atoms with Crippen molar-refractivity contribution >= 4 is 0 Å². The van der Waals surface area contributed by atoms with Crippen LogP contribution in [0.1, 0.15) is 33.6 Å². The summed E-state index contributed by atoms with van der Waals surface area (Å²) in [5.41, 5.74) is 0.126. The third kappa shape index (κ3) is 3.16. The van der Waals surface area contributed by atoms with Crippen LogP contribution in [0.3, 0.4) is 0 Å². The van der Waals surface area contributed by atoms with Gasteiger partial charge in [-0.3, -0.25) is 4.90 Å². The van der Waals surface area contributed by atoms with Crippen molar-refractivity contribution < 1.29 is 9.47 Å². The lowest BCUT2D eigenvalue weighted by molar-refractivity contribution is -0.104. The second-order valence-corrected chi connectivity index (χ2v) is 4.38. The van der Waals surface area contributed by atoms with Crippen LogP contribution in [0.5, 0.6) is 0 Å². The van der Waals surface area contributed by atoms with E-state index in [0.717, 1.165) is 26.1 Å². The molecule has 0 amide bonds. The van der Waals surface area contributed by atoms with E-state index >= 15 is 0 Å². The molecule has 0 radical (unpaired) electrons. The maximum atomic E-state index is 5.50. The number of ether oxygens (including phenoxy) is 2. The van der Waals surface area contributed by atoms with E-state index in [1.165, 1.54) is 13.1 Å². The molecule has 0 unspecified atom stereocenters. The number of methoxy groups -OCH3 is 1. The number of nitrogens with zero attached hydrogens (tertiary/aromatic N) is 1. The van der Waals surface area contributed by atoms with E-state index in [0.29, 0.717) is 6.04 Å². The van der Waals surface area contributed by atoms with Crippen LogP contribution in [0.4, 0.5) is 0 Å². The molecule has 2 aliphatic heterocycles. The van der Waals surface area contributed by atoms with Crippen LogP contribution < -0.4 is 0 Å². The molecule has 0 aromatic rings. The molecule has 2 heterocycles. The summed E-state index contributed by atoms with van der Waals surface area (Å²) >= 11 is 0. The summed E-state index contributed by atoms with van der Waals surface area (Å²) in [7, 11) is 1.82. The Labute approximate surface area is 93.7 Å². The summed E-state index contributed by atoms with van der Waals surface area (Å²) in [5.74, 6) is 0. The van der Waals surface area contributed by atoms with Crippen molar-refractivity contribution in [3.8, 4) is 0 Å². The monoisotopic (exact) mass is 215 g/mol. The van der Waals surface area contributed by atoms with Crippen molar-refractivity contribution in [2.45, 2.75) is 45.3 Å². The van der Waals surface area contributed by atoms with Crippen LogP contribution in [0.15, 0.2) is 0 Å². The Hall–Kier alpha value is -0.120. The van der Waals surface area contributed by atoms with Gasteiger partial charge in [-0.1, -0.05) is 13.8 Å². The van der Waals surface area contributed by atoms with Crippen molar-refractivity contribution in [3.63, 3.8) is 0 Å². The first-order valence-corrected chi connectivity index (χ1v) is 6.10. The molecule has 0 spiro atoms. The van der Waals surface area contributed by atoms with Crippen molar-refractivity contribution in [3.05, 3.63) is 0 Å². The van der Waals surface area contributed by atoms with Crippen molar-refractivity contribution in [1.29, 1.82) is 0 Å². The summed E-state index contributed by atoms with van der Waals surface area (Å²) in [6, 6.07) is 0.696. The van der Waals surface area contributed by atoms with E-state index in [-0.39, 0.29) is 5.60 Å². The molecule has 3 nitrogen and oxygen atoms in total. The normalized spacial score (nSPS) is 26.4. The summed E-state index contributed by atoms with van der Waals surface area (Å²) in [4.78, 5) is 2.53. The van der Waals surface area contributed by atoms with Gasteiger partial charge in [0, 0.05) is 20.2 Å². The summed E-state index contributed by atoms with van der Waals surface area (Å²) in [5, 5.41) is 0. The Morgan fingerprint density at radius 2 is 1.73 bits per heavy atom. The molecule has 0 aromatic heterocycles. The minimum absolute atomic E-state index is 0.126. The smallest absolute Gasteiger partial charge is 0.0675 e. The molecule has 0 N–H and O–H groups in total. The fourth-order valence-electron chi connectivity index (χ4n) is 2.00. The fraction of sp³-hybridized carbons (Fsp3) is 1.00. The van der Waals surface area contributed by atoms with Gasteiger partial charge in [-0.05, 0) is 19.8 Å². The lowest BCUT2D eigenvalue weighted by Gasteiger charge is -2.44. The molecule has 90 valence electrons. The third-order valence-corrected chi connectivity index (χ3v) is 3.49. The second-order valence-electron chi connectivity index (χ2n) is 4.38. The summed E-state index contributed by atoms with van der Waals surface area (Å²) in [6.45, 7) is 10.4. The molecule has 0 bridgehead atoms. The zero-order valence-corrected chi connectivity index (χ0v) is 10.6. The Morgan fingerprint density at radius 3 is 2.07 bits per heavy atom. The second kappa shape index (κ2) is 5.83. The average molecular weight is 215 g/mol. The predicted molar refractivity (Wildman–Crippen MR) is 62.2 cm³/mol. The van der Waals surface area contributed by atoms with Gasteiger partial charge in [-0.15, -0.1) is 0 Å². The van der Waals surface area contributed by atoms with E-state index in [9.17, 15) is 0 Å². The third-order valence-electron chi connectivity index (χ3n) is 3.49. The maximum absolute atomic E-state index is 5.50. The largest absolute Gasteiger partial charge is 0.378 e. The molecular formula is C12H25NO2. The van der Waals surface area contributed by atoms with Gasteiger partial charge in [0.2, 0.25) is 0 Å². The van der Waals surface area contributed by atoms with Crippen molar-refractivity contribution in [1.82, 2.24) is 4.90 Å². The molecular weight excluding hydrogens is 190 g/mol. The molecule has 0 aliphatic carbocycles. The Kier molecular flexibility index (Phi) is 5.03. The minimum atomic E-state index is 0.126. The van der Waals surface area contributed by atoms with Crippen LogP contribution in [0.2, 0.25) is 0 Å². The van der Waals surface area contributed by atoms with Crippen LogP contribution in [0.25, 0.3) is 0 Å². The number of hydrogen-bond donors (Lipinski definition) is 0. The van der Waals surface area contributed by atoms with Gasteiger partial charge in [0.05, 0.1) is 24.9 Å². The lowest BCUT2D eigenvalue weighted by Crippen LogP contribution is -2.54. The van der Waals surface area contributed by atoms with Crippen molar-refractivity contribution in [2.24, 2.45) is 0 Å². The quantitative estimate of drug-likeness (QED) is 0.702. The van der Waals surface area contributed by atoms with E-state index in [4.69, 9.17) is 9.47 Å². The summed E-state index contributed by atoms with van der Waals surface area (Å²) in [6.07, 6.45) is 2.31. The first-order valence-electron chi connectivity index (χ1n) is 6.10. The van der Waals surface area contributed by atoms with E-state index in [1.807, 2.05) is 21.0 Å².